The molecule has 0 rings (SSSR count). The van der Waals surface area contributed by atoms with E-state index in [4.69, 9.17) is 22.2 Å². The van der Waals surface area contributed by atoms with Crippen LogP contribution in [0.3, 0.4) is 0 Å². The van der Waals surface area contributed by atoms with Crippen molar-refractivity contribution in [2.75, 3.05) is 0 Å². The Morgan fingerprint density at radius 1 is 0.306 bits per heavy atom. The van der Waals surface area contributed by atoms with Gasteiger partial charge in [-0.15, -0.1) is 22.2 Å². The van der Waals surface area contributed by atoms with E-state index in [2.05, 4.69) is 0 Å². The summed E-state index contributed by atoms with van der Waals surface area (Å²) in [6, 6.07) is -1.82. The molecular weight excluding hydrogens is 854 g/mol. The van der Waals surface area contributed by atoms with Crippen LogP contribution in [0.25, 0.3) is 0 Å². The van der Waals surface area contributed by atoms with Gasteiger partial charge in [0.05, 0.1) is 0 Å². The fraction of sp³-hybridized carbons (Fsp3) is 1.00. The predicted octanol–water partition coefficient (Wildman–Crippen LogP) is 11.7. The fourth-order valence-electron chi connectivity index (χ4n) is 2.91. The Morgan fingerprint density at radius 3 is 0.633 bits per heavy atom. The summed E-state index contributed by atoms with van der Waals surface area (Å²) in [4.78, 5) is 0. The molecule has 0 saturated carbocycles. The highest BCUT2D eigenvalue weighted by Crippen LogP contribution is 2.69. The average molecular weight is 861 g/mol. The summed E-state index contributed by atoms with van der Waals surface area (Å²) in [7, 11) is 0. The van der Waals surface area contributed by atoms with E-state index in [0.29, 0.717) is 6.55 Å². The first kappa shape index (κ1) is 47.8. The lowest BCUT2D eigenvalue weighted by Crippen LogP contribution is -2.79. The second-order valence-electron chi connectivity index (χ2n) is 9.67. The average Bonchev–Trinajstić information content (AvgIpc) is 2.84. The smallest absolute Gasteiger partial charge is 0.200 e. The Kier molecular flexibility index (Phi) is 11.6. The summed E-state index contributed by atoms with van der Waals surface area (Å²) in [5, 5.41) is 0. The molecule has 0 aliphatic rings. The summed E-state index contributed by atoms with van der Waals surface area (Å²) in [6.45, 7) is -3.73. The second kappa shape index (κ2) is 11.9. The minimum absolute atomic E-state index is 0.492. The molecule has 0 N–H and O–H groups in total. The van der Waals surface area contributed by atoms with E-state index in [1.165, 1.54) is 0 Å². The van der Waals surface area contributed by atoms with Gasteiger partial charge in [-0.3, -0.25) is 0 Å². The molecule has 0 spiro atoms. The minimum Gasteiger partial charge on any atom is -0.200 e. The van der Waals surface area contributed by atoms with Gasteiger partial charge in [0.2, 0.25) is 6.69 Å². The van der Waals surface area contributed by atoms with Crippen molar-refractivity contribution in [3.05, 3.63) is 0 Å². The number of hydrogen-bond acceptors (Lipinski definition) is 0. The van der Waals surface area contributed by atoms with Gasteiger partial charge in [-0.1, -0.05) is 0 Å². The van der Waals surface area contributed by atoms with Crippen LogP contribution in [0.5, 0.6) is 0 Å². The molecule has 0 unspecified atom stereocenters. The lowest BCUT2D eigenvalue weighted by molar-refractivity contribution is -0.487. The first-order valence-corrected chi connectivity index (χ1v) is 15.5. The molecule has 0 aliphatic carbocycles. The summed E-state index contributed by atoms with van der Waals surface area (Å²) in [5.74, 6) is -120. The molecule has 0 atom stereocenters. The van der Waals surface area contributed by atoms with Crippen LogP contribution in [0, 0.1) is 0 Å². The third kappa shape index (κ3) is 6.22. The zero-order valence-corrected chi connectivity index (χ0v) is 24.1. The van der Waals surface area contributed by atoms with Gasteiger partial charge in [0.15, 0.2) is 0 Å². The molecule has 49 heavy (non-hydrogen) atoms. The predicted molar refractivity (Wildman–Crippen MR) is 103 cm³/mol. The third-order valence-corrected chi connectivity index (χ3v) is 8.29. The standard InChI is InChI=1S/C17H7Cl2F29Si/c1-49(18,19)3-2-4(20,21)5(22,23)6(24,25)7(26,27)8(28,29)9(30,31)10(32,33)11(34,35)12(36,37)13(38,39)14(40,41)15(42,43)16(44,45)17(46,47)48/h2-3H2,1H3. The third-order valence-electron chi connectivity index (χ3n) is 6.03. The normalized spacial score (nSPS) is 17.1. The van der Waals surface area contributed by atoms with Crippen LogP contribution in [-0.2, 0) is 0 Å². The van der Waals surface area contributed by atoms with Gasteiger partial charge in [0, 0.05) is 6.42 Å². The topological polar surface area (TPSA) is 0 Å². The van der Waals surface area contributed by atoms with E-state index in [0.717, 1.165) is 0 Å². The van der Waals surface area contributed by atoms with Crippen LogP contribution in [0.2, 0.25) is 12.6 Å². The molecule has 0 aromatic heterocycles. The maximum Gasteiger partial charge on any atom is 0.460 e. The summed E-state index contributed by atoms with van der Waals surface area (Å²) >= 11 is 10.2. The Morgan fingerprint density at radius 2 is 0.469 bits per heavy atom. The number of halogens is 31. The van der Waals surface area contributed by atoms with Crippen molar-refractivity contribution in [2.24, 2.45) is 0 Å². The van der Waals surface area contributed by atoms with Crippen LogP contribution in [0.1, 0.15) is 6.42 Å². The lowest BCUT2D eigenvalue weighted by Gasteiger charge is -2.46. The Labute approximate surface area is 259 Å². The molecule has 0 fully saturated rings. The molecular formula is C17H7Cl2F29Si. The monoisotopic (exact) mass is 860 g/mol. The van der Waals surface area contributed by atoms with E-state index in [9.17, 15) is 127 Å². The Bertz CT molecular complexity index is 1190. The van der Waals surface area contributed by atoms with Gasteiger partial charge in [-0.25, -0.2) is 0 Å². The molecule has 0 aromatic carbocycles. The van der Waals surface area contributed by atoms with E-state index in [-0.39, 0.29) is 0 Å². The summed E-state index contributed by atoms with van der Waals surface area (Å²) in [6.07, 6.45) is -11.3. The second-order valence-corrected chi connectivity index (χ2v) is 17.9. The van der Waals surface area contributed by atoms with Crippen LogP contribution >= 0.6 is 22.2 Å². The molecule has 0 heterocycles. The fourth-order valence-corrected chi connectivity index (χ4v) is 4.23. The van der Waals surface area contributed by atoms with Crippen LogP contribution in [-0.4, -0.2) is 89.9 Å². The van der Waals surface area contributed by atoms with Gasteiger partial charge in [0.25, 0.3) is 0 Å². The maximum atomic E-state index is 13.9. The number of alkyl halides is 29. The minimum atomic E-state index is -9.93. The maximum absolute atomic E-state index is 13.9. The van der Waals surface area contributed by atoms with Crippen LogP contribution in [0.15, 0.2) is 0 Å². The first-order valence-electron chi connectivity index (χ1n) is 10.8. The van der Waals surface area contributed by atoms with Crippen molar-refractivity contribution in [3.63, 3.8) is 0 Å². The highest BCUT2D eigenvalue weighted by Gasteiger charge is 3.00. The van der Waals surface area contributed by atoms with Crippen molar-refractivity contribution in [2.45, 2.75) is 102 Å². The molecule has 0 radical (unpaired) electrons. The quantitative estimate of drug-likeness (QED) is 0.0874. The van der Waals surface area contributed by atoms with E-state index >= 15 is 0 Å². The molecule has 0 amide bonds. The molecule has 0 saturated heterocycles. The SMILES string of the molecule is C[Si](Cl)(Cl)CCC(F)(F)C(F)(F)C(F)(F)C(F)(F)C(F)(F)C(F)(F)C(F)(F)C(F)(F)C(F)(F)C(F)(F)C(F)(F)C(F)(F)C(F)(F)C(F)(F)F. The molecule has 0 nitrogen and oxygen atoms in total. The molecule has 0 bridgehead atoms. The van der Waals surface area contributed by atoms with Crippen LogP contribution in [0.4, 0.5) is 127 Å². The Hall–Kier alpha value is -1.23. The van der Waals surface area contributed by atoms with Crippen molar-refractivity contribution in [1.29, 1.82) is 0 Å². The summed E-state index contributed by atoms with van der Waals surface area (Å²) in [5.41, 5.74) is 0. The number of rotatable bonds is 15. The molecule has 0 aliphatic heterocycles. The Balaban J connectivity index is 7.48. The van der Waals surface area contributed by atoms with Crippen molar-refractivity contribution >= 4 is 28.9 Å². The highest BCUT2D eigenvalue weighted by atomic mass is 35.7. The van der Waals surface area contributed by atoms with Crippen molar-refractivity contribution in [3.8, 4) is 0 Å². The van der Waals surface area contributed by atoms with E-state index in [1.807, 2.05) is 0 Å². The van der Waals surface area contributed by atoms with Gasteiger partial charge >= 0.3 is 83.2 Å². The molecule has 32 heteroatoms. The first-order chi connectivity index (χ1) is 20.5. The number of hydrogen-bond donors (Lipinski definition) is 0. The van der Waals surface area contributed by atoms with E-state index < -0.39 is 102 Å². The summed E-state index contributed by atoms with van der Waals surface area (Å²) < 4.78 is 390. The largest absolute Gasteiger partial charge is 0.460 e. The van der Waals surface area contributed by atoms with Gasteiger partial charge in [0.1, 0.15) is 0 Å². The molecule has 0 aromatic rings. The highest BCUT2D eigenvalue weighted by molar-refractivity contribution is 7.44. The van der Waals surface area contributed by atoms with Gasteiger partial charge in [-0.2, -0.15) is 127 Å². The van der Waals surface area contributed by atoms with Crippen molar-refractivity contribution in [1.82, 2.24) is 0 Å². The van der Waals surface area contributed by atoms with Gasteiger partial charge < -0.3 is 0 Å². The van der Waals surface area contributed by atoms with E-state index in [1.54, 1.807) is 0 Å². The zero-order valence-electron chi connectivity index (χ0n) is 21.6. The van der Waals surface area contributed by atoms with Gasteiger partial charge in [-0.05, 0) is 12.6 Å². The van der Waals surface area contributed by atoms with Crippen molar-refractivity contribution < 1.29 is 127 Å². The lowest BCUT2D eigenvalue weighted by atomic mass is 9.83. The zero-order chi connectivity index (χ0) is 40.9. The van der Waals surface area contributed by atoms with Crippen LogP contribution < -0.4 is 0 Å². The molecule has 296 valence electrons.